The van der Waals surface area contributed by atoms with Gasteiger partial charge in [0.2, 0.25) is 0 Å². The Balaban J connectivity index is -0.0000000542. The molecule has 0 atom stereocenters. The summed E-state index contributed by atoms with van der Waals surface area (Å²) in [5.74, 6) is 0. The molecule has 126 valence electrons. The standard InChI is InChI=1S/2C6H12.C3H8.2C2H6.2B/c2*1-2-4-6-5-3-1;1-3-2;2*1-2;;/h2*1-6H2;3H2,1-2H3;2*1-2H3;;. The lowest BCUT2D eigenvalue weighted by Gasteiger charge is -2.05. The number of hydrogen-bond acceptors (Lipinski definition) is 0. The summed E-state index contributed by atoms with van der Waals surface area (Å²) in [6, 6.07) is 0. The van der Waals surface area contributed by atoms with Gasteiger partial charge in [-0.1, -0.05) is 125 Å². The molecule has 0 amide bonds. The Morgan fingerprint density at radius 3 is 0.476 bits per heavy atom. The van der Waals surface area contributed by atoms with Gasteiger partial charge >= 0.3 is 0 Å². The summed E-state index contributed by atoms with van der Waals surface area (Å²) in [6.45, 7) is 12.2. The van der Waals surface area contributed by atoms with Crippen LogP contribution in [0.3, 0.4) is 0 Å². The van der Waals surface area contributed by atoms with Crippen molar-refractivity contribution in [3.05, 3.63) is 0 Å². The van der Waals surface area contributed by atoms with Gasteiger partial charge in [-0.2, -0.15) is 0 Å². The Morgan fingerprint density at radius 1 is 0.381 bits per heavy atom. The van der Waals surface area contributed by atoms with Crippen LogP contribution < -0.4 is 0 Å². The van der Waals surface area contributed by atoms with Crippen LogP contribution in [0.15, 0.2) is 0 Å². The van der Waals surface area contributed by atoms with Gasteiger partial charge in [0.15, 0.2) is 0 Å². The van der Waals surface area contributed by atoms with Crippen LogP contribution in [-0.2, 0) is 0 Å². The maximum Gasteiger partial charge on any atom is 0 e. The SMILES string of the molecule is C1CCCCC1.C1CCCCC1.CC.CC.CCC.[B].[B]. The summed E-state index contributed by atoms with van der Waals surface area (Å²) in [4.78, 5) is 0. The van der Waals surface area contributed by atoms with Crippen molar-refractivity contribution in [2.75, 3.05) is 0 Å². The van der Waals surface area contributed by atoms with E-state index in [-0.39, 0.29) is 16.8 Å². The van der Waals surface area contributed by atoms with E-state index in [2.05, 4.69) is 13.8 Å². The first-order valence-electron chi connectivity index (χ1n) is 9.41. The fraction of sp³-hybridized carbons (Fsp3) is 1.00. The van der Waals surface area contributed by atoms with Gasteiger partial charge in [-0.25, -0.2) is 0 Å². The van der Waals surface area contributed by atoms with Crippen molar-refractivity contribution in [1.29, 1.82) is 0 Å². The molecular formula is C19H44B2. The van der Waals surface area contributed by atoms with Crippen LogP contribution in [0.4, 0.5) is 0 Å². The summed E-state index contributed by atoms with van der Waals surface area (Å²) in [6.07, 6.45) is 19.2. The van der Waals surface area contributed by atoms with Crippen LogP contribution >= 0.6 is 0 Å². The van der Waals surface area contributed by atoms with Crippen molar-refractivity contribution < 1.29 is 0 Å². The molecule has 2 aliphatic carbocycles. The van der Waals surface area contributed by atoms with Crippen molar-refractivity contribution in [2.45, 2.75) is 125 Å². The first-order chi connectivity index (χ1) is 9.41. The smallest absolute Gasteiger partial charge is 0 e. The van der Waals surface area contributed by atoms with Crippen LogP contribution in [0.1, 0.15) is 125 Å². The molecule has 0 heterocycles. The lowest BCUT2D eigenvalue weighted by Crippen LogP contribution is -1.85. The van der Waals surface area contributed by atoms with E-state index in [1.165, 1.54) is 83.5 Å². The molecule has 0 unspecified atom stereocenters. The minimum atomic E-state index is 0. The molecule has 0 bridgehead atoms. The quantitative estimate of drug-likeness (QED) is 0.408. The predicted octanol–water partition coefficient (Wildman–Crippen LogP) is 7.39. The molecule has 2 aliphatic rings. The molecule has 0 N–H and O–H groups in total. The van der Waals surface area contributed by atoms with E-state index in [1.54, 1.807) is 0 Å². The number of rotatable bonds is 0. The first kappa shape index (κ1) is 32.9. The third-order valence-corrected chi connectivity index (χ3v) is 3.00. The summed E-state index contributed by atoms with van der Waals surface area (Å²) >= 11 is 0. The molecule has 21 heavy (non-hydrogen) atoms. The molecular weight excluding hydrogens is 250 g/mol. The van der Waals surface area contributed by atoms with Crippen molar-refractivity contribution in [3.8, 4) is 0 Å². The third-order valence-electron chi connectivity index (χ3n) is 3.00. The molecule has 0 aromatic rings. The highest BCUT2D eigenvalue weighted by atomic mass is 14.0. The van der Waals surface area contributed by atoms with E-state index in [1.807, 2.05) is 27.7 Å². The molecule has 0 aromatic heterocycles. The van der Waals surface area contributed by atoms with Gasteiger partial charge in [-0.3, -0.25) is 0 Å². The fourth-order valence-electron chi connectivity index (χ4n) is 2.12. The molecule has 0 saturated heterocycles. The average Bonchev–Trinajstić information content (AvgIpc) is 2.56. The topological polar surface area (TPSA) is 0 Å². The minimum absolute atomic E-state index is 0. The molecule has 2 heteroatoms. The van der Waals surface area contributed by atoms with Crippen LogP contribution in [-0.4, -0.2) is 16.8 Å². The monoisotopic (exact) mass is 294 g/mol. The first-order valence-corrected chi connectivity index (χ1v) is 9.41. The zero-order chi connectivity index (χ0) is 15.2. The fourth-order valence-corrected chi connectivity index (χ4v) is 2.12. The summed E-state index contributed by atoms with van der Waals surface area (Å²) in [7, 11) is 0. The Kier molecular flexibility index (Phi) is 67.0. The van der Waals surface area contributed by atoms with Crippen LogP contribution in [0, 0.1) is 0 Å². The van der Waals surface area contributed by atoms with E-state index >= 15 is 0 Å². The zero-order valence-corrected chi connectivity index (χ0v) is 16.3. The van der Waals surface area contributed by atoms with E-state index in [0.717, 1.165) is 0 Å². The second-order valence-corrected chi connectivity index (χ2v) is 4.95. The van der Waals surface area contributed by atoms with Crippen molar-refractivity contribution in [1.82, 2.24) is 0 Å². The third kappa shape index (κ3) is 45.0. The minimum Gasteiger partial charge on any atom is -0.0683 e. The van der Waals surface area contributed by atoms with Gasteiger partial charge in [0.1, 0.15) is 0 Å². The molecule has 2 fully saturated rings. The van der Waals surface area contributed by atoms with Gasteiger partial charge in [0.05, 0.1) is 0 Å². The van der Waals surface area contributed by atoms with Gasteiger partial charge < -0.3 is 0 Å². The average molecular weight is 294 g/mol. The lowest BCUT2D eigenvalue weighted by atomic mass is 10.0. The second kappa shape index (κ2) is 42.7. The maximum atomic E-state index is 2.12. The highest BCUT2D eigenvalue weighted by Crippen LogP contribution is 2.15. The van der Waals surface area contributed by atoms with Crippen LogP contribution in [0.25, 0.3) is 0 Å². The van der Waals surface area contributed by atoms with Crippen LogP contribution in [0.2, 0.25) is 0 Å². The molecule has 6 radical (unpaired) electrons. The Labute approximate surface area is 142 Å². The van der Waals surface area contributed by atoms with Crippen molar-refractivity contribution in [3.63, 3.8) is 0 Å². The normalized spacial score (nSPS) is 15.1. The molecule has 0 nitrogen and oxygen atoms in total. The van der Waals surface area contributed by atoms with Crippen molar-refractivity contribution >= 4 is 16.8 Å². The Hall–Kier alpha value is 0.130. The largest absolute Gasteiger partial charge is 0.0683 e. The van der Waals surface area contributed by atoms with E-state index in [0.29, 0.717) is 0 Å². The molecule has 2 saturated carbocycles. The summed E-state index contributed by atoms with van der Waals surface area (Å²) in [5.41, 5.74) is 0. The number of hydrogen-bond donors (Lipinski definition) is 0. The van der Waals surface area contributed by atoms with Gasteiger partial charge in [0, 0.05) is 16.8 Å². The maximum absolute atomic E-state index is 2.12. The van der Waals surface area contributed by atoms with Crippen LogP contribution in [0.5, 0.6) is 0 Å². The predicted molar refractivity (Wildman–Crippen MR) is 106 cm³/mol. The van der Waals surface area contributed by atoms with Gasteiger partial charge in [-0.05, 0) is 0 Å². The zero-order valence-electron chi connectivity index (χ0n) is 16.3. The molecule has 0 aromatic carbocycles. The Morgan fingerprint density at radius 2 is 0.429 bits per heavy atom. The Bertz CT molecular complexity index is 62.7. The van der Waals surface area contributed by atoms with E-state index in [9.17, 15) is 0 Å². The second-order valence-electron chi connectivity index (χ2n) is 4.95. The van der Waals surface area contributed by atoms with E-state index in [4.69, 9.17) is 0 Å². The summed E-state index contributed by atoms with van der Waals surface area (Å²) < 4.78 is 0. The molecule has 2 rings (SSSR count). The highest BCUT2D eigenvalue weighted by Gasteiger charge is 1.96. The highest BCUT2D eigenvalue weighted by molar-refractivity contribution is 5.76. The molecule has 0 aliphatic heterocycles. The lowest BCUT2D eigenvalue weighted by molar-refractivity contribution is 0.504. The van der Waals surface area contributed by atoms with Gasteiger partial charge in [0.25, 0.3) is 0 Å². The van der Waals surface area contributed by atoms with E-state index < -0.39 is 0 Å². The molecule has 0 spiro atoms. The van der Waals surface area contributed by atoms with Gasteiger partial charge in [-0.15, -0.1) is 0 Å². The summed E-state index contributed by atoms with van der Waals surface area (Å²) in [5, 5.41) is 0. The van der Waals surface area contributed by atoms with Crippen molar-refractivity contribution in [2.24, 2.45) is 0 Å².